The molecule has 0 saturated carbocycles. The molecule has 0 aromatic heterocycles. The van der Waals surface area contributed by atoms with Gasteiger partial charge in [0.15, 0.2) is 5.17 Å². The van der Waals surface area contributed by atoms with Gasteiger partial charge in [-0.1, -0.05) is 19.9 Å². The number of nitrogens with zero attached hydrogens (tertiary/aromatic N) is 2. The van der Waals surface area contributed by atoms with Gasteiger partial charge in [-0.05, 0) is 25.1 Å². The first-order valence-electron chi connectivity index (χ1n) is 4.93. The lowest BCUT2D eigenvalue weighted by molar-refractivity contribution is -0.122. The number of thioether (sulfide) groups is 1. The lowest BCUT2D eigenvalue weighted by Crippen LogP contribution is -2.28. The molecule has 1 rings (SSSR count). The lowest BCUT2D eigenvalue weighted by Gasteiger charge is -2.11. The lowest BCUT2D eigenvalue weighted by atomic mass is 10.3. The van der Waals surface area contributed by atoms with Crippen molar-refractivity contribution >= 4 is 22.8 Å². The summed E-state index contributed by atoms with van der Waals surface area (Å²) in [6, 6.07) is 0. The highest BCUT2D eigenvalue weighted by Gasteiger charge is 2.30. The molecule has 0 aliphatic carbocycles. The van der Waals surface area contributed by atoms with E-state index < -0.39 is 0 Å². The van der Waals surface area contributed by atoms with Crippen molar-refractivity contribution in [3.8, 4) is 0 Å². The zero-order valence-electron chi connectivity index (χ0n) is 8.75. The first kappa shape index (κ1) is 11.3. The summed E-state index contributed by atoms with van der Waals surface area (Å²) in [4.78, 5) is 18.2. The number of rotatable bonds is 4. The Morgan fingerprint density at radius 3 is 2.79 bits per heavy atom. The molecular weight excluding hydrogens is 196 g/mol. The van der Waals surface area contributed by atoms with E-state index in [4.69, 9.17) is 0 Å². The average molecular weight is 212 g/mol. The molecule has 0 bridgehead atoms. The van der Waals surface area contributed by atoms with Crippen molar-refractivity contribution in [2.24, 2.45) is 4.99 Å². The Kier molecular flexibility index (Phi) is 4.20. The predicted octanol–water partition coefficient (Wildman–Crippen LogP) is 2.25. The maximum absolute atomic E-state index is 11.5. The summed E-state index contributed by atoms with van der Waals surface area (Å²) in [5.41, 5.74) is 0. The number of carbonyl (C=O) groups is 1. The Hall–Kier alpha value is -0.770. The van der Waals surface area contributed by atoms with Gasteiger partial charge in [0.2, 0.25) is 0 Å². The van der Waals surface area contributed by atoms with Crippen molar-refractivity contribution in [3.05, 3.63) is 11.5 Å². The molecule has 1 heterocycles. The highest BCUT2D eigenvalue weighted by Crippen LogP contribution is 2.28. The van der Waals surface area contributed by atoms with Crippen LogP contribution in [0.25, 0.3) is 0 Å². The molecule has 1 fully saturated rings. The molecule has 0 atom stereocenters. The molecular formula is C10H16N2OS. The Labute approximate surface area is 89.3 Å². The van der Waals surface area contributed by atoms with E-state index >= 15 is 0 Å². The van der Waals surface area contributed by atoms with Crippen molar-refractivity contribution in [2.75, 3.05) is 13.1 Å². The van der Waals surface area contributed by atoms with Crippen LogP contribution in [0.2, 0.25) is 0 Å². The molecule has 0 radical (unpaired) electrons. The fraction of sp³-hybridized carbons (Fsp3) is 0.600. The Balaban J connectivity index is 2.65. The minimum Gasteiger partial charge on any atom is -0.287 e. The van der Waals surface area contributed by atoms with E-state index in [0.717, 1.165) is 24.6 Å². The second-order valence-electron chi connectivity index (χ2n) is 3.09. The third-order valence-corrected chi connectivity index (χ3v) is 2.96. The molecule has 1 aliphatic heterocycles. The summed E-state index contributed by atoms with van der Waals surface area (Å²) in [5.74, 6) is 0.00717. The molecule has 0 aromatic carbocycles. The van der Waals surface area contributed by atoms with E-state index in [-0.39, 0.29) is 5.91 Å². The third-order valence-electron chi connectivity index (χ3n) is 2.00. The largest absolute Gasteiger partial charge is 0.287 e. The zero-order valence-corrected chi connectivity index (χ0v) is 9.56. The molecule has 14 heavy (non-hydrogen) atoms. The zero-order chi connectivity index (χ0) is 10.6. The number of aliphatic imine (C=N–C) groups is 1. The highest BCUT2D eigenvalue weighted by molar-refractivity contribution is 8.18. The van der Waals surface area contributed by atoms with Gasteiger partial charge in [0.1, 0.15) is 0 Å². The molecule has 1 saturated heterocycles. The van der Waals surface area contributed by atoms with Gasteiger partial charge in [0.05, 0.1) is 4.91 Å². The Morgan fingerprint density at radius 2 is 2.21 bits per heavy atom. The van der Waals surface area contributed by atoms with Gasteiger partial charge in [0, 0.05) is 13.1 Å². The van der Waals surface area contributed by atoms with Crippen molar-refractivity contribution in [3.63, 3.8) is 0 Å². The fourth-order valence-electron chi connectivity index (χ4n) is 1.18. The normalized spacial score (nSPS) is 19.9. The summed E-state index contributed by atoms with van der Waals surface area (Å²) >= 11 is 1.39. The van der Waals surface area contributed by atoms with Crippen molar-refractivity contribution in [1.29, 1.82) is 0 Å². The van der Waals surface area contributed by atoms with Crippen LogP contribution in [0.1, 0.15) is 26.7 Å². The van der Waals surface area contributed by atoms with E-state index in [0.29, 0.717) is 11.4 Å². The third kappa shape index (κ3) is 2.38. The van der Waals surface area contributed by atoms with Gasteiger partial charge in [-0.2, -0.15) is 0 Å². The van der Waals surface area contributed by atoms with E-state index in [1.807, 2.05) is 6.92 Å². The van der Waals surface area contributed by atoms with Crippen molar-refractivity contribution in [2.45, 2.75) is 26.7 Å². The predicted molar refractivity (Wildman–Crippen MR) is 61.3 cm³/mol. The van der Waals surface area contributed by atoms with Crippen LogP contribution in [0, 0.1) is 0 Å². The highest BCUT2D eigenvalue weighted by atomic mass is 32.2. The number of likely N-dealkylation sites (N-methyl/N-ethyl adjacent to an activating group) is 1. The van der Waals surface area contributed by atoms with Gasteiger partial charge in [0.25, 0.3) is 5.91 Å². The summed E-state index contributed by atoms with van der Waals surface area (Å²) < 4.78 is 0. The van der Waals surface area contributed by atoms with E-state index in [1.54, 1.807) is 4.90 Å². The quantitative estimate of drug-likeness (QED) is 0.529. The fourth-order valence-corrected chi connectivity index (χ4v) is 2.07. The van der Waals surface area contributed by atoms with Crippen LogP contribution in [0.4, 0.5) is 0 Å². The number of amides is 1. The van der Waals surface area contributed by atoms with Gasteiger partial charge in [-0.3, -0.25) is 14.7 Å². The second-order valence-corrected chi connectivity index (χ2v) is 4.15. The SMILES string of the molecule is C=C1SC(=NCCCC)N(CC)C1=O. The number of amidine groups is 1. The van der Waals surface area contributed by atoms with Gasteiger partial charge in [-0.15, -0.1) is 0 Å². The Bertz CT molecular complexity index is 273. The maximum atomic E-state index is 11.5. The second kappa shape index (κ2) is 5.20. The molecule has 4 heteroatoms. The van der Waals surface area contributed by atoms with Crippen LogP contribution < -0.4 is 0 Å². The minimum atomic E-state index is 0.00717. The molecule has 3 nitrogen and oxygen atoms in total. The van der Waals surface area contributed by atoms with Crippen LogP contribution in [-0.2, 0) is 4.79 Å². The van der Waals surface area contributed by atoms with Gasteiger partial charge >= 0.3 is 0 Å². The molecule has 0 N–H and O–H groups in total. The molecule has 0 aromatic rings. The Morgan fingerprint density at radius 1 is 1.50 bits per heavy atom. The van der Waals surface area contributed by atoms with E-state index in [1.165, 1.54) is 11.8 Å². The van der Waals surface area contributed by atoms with Crippen LogP contribution in [-0.4, -0.2) is 29.1 Å². The standard InChI is InChI=1S/C10H16N2OS/c1-4-6-7-11-10-12(5-2)9(13)8(3)14-10/h3-7H2,1-2H3. The summed E-state index contributed by atoms with van der Waals surface area (Å²) in [6.07, 6.45) is 2.20. The number of unbranched alkanes of at least 4 members (excludes halogenated alkanes) is 1. The first-order valence-corrected chi connectivity index (χ1v) is 5.75. The summed E-state index contributed by atoms with van der Waals surface area (Å²) in [7, 11) is 0. The number of carbonyl (C=O) groups excluding carboxylic acids is 1. The monoisotopic (exact) mass is 212 g/mol. The maximum Gasteiger partial charge on any atom is 0.266 e. The smallest absolute Gasteiger partial charge is 0.266 e. The van der Waals surface area contributed by atoms with Crippen LogP contribution in [0.5, 0.6) is 0 Å². The van der Waals surface area contributed by atoms with Gasteiger partial charge in [-0.25, -0.2) is 0 Å². The van der Waals surface area contributed by atoms with E-state index in [9.17, 15) is 4.79 Å². The average Bonchev–Trinajstić information content (AvgIpc) is 2.43. The minimum absolute atomic E-state index is 0.00717. The topological polar surface area (TPSA) is 32.7 Å². The van der Waals surface area contributed by atoms with E-state index in [2.05, 4.69) is 18.5 Å². The molecule has 1 amide bonds. The van der Waals surface area contributed by atoms with Gasteiger partial charge < -0.3 is 0 Å². The number of hydrogen-bond acceptors (Lipinski definition) is 3. The van der Waals surface area contributed by atoms with Crippen LogP contribution >= 0.6 is 11.8 Å². The summed E-state index contributed by atoms with van der Waals surface area (Å²) in [6.45, 7) is 9.26. The summed E-state index contributed by atoms with van der Waals surface area (Å²) in [5, 5.41) is 0.816. The first-order chi connectivity index (χ1) is 6.70. The molecule has 1 aliphatic rings. The van der Waals surface area contributed by atoms with Crippen molar-refractivity contribution < 1.29 is 4.79 Å². The molecule has 0 spiro atoms. The van der Waals surface area contributed by atoms with Crippen LogP contribution in [0.15, 0.2) is 16.5 Å². The molecule has 78 valence electrons. The molecule has 0 unspecified atom stereocenters. The number of hydrogen-bond donors (Lipinski definition) is 0. The van der Waals surface area contributed by atoms with Crippen LogP contribution in [0.3, 0.4) is 0 Å². The van der Waals surface area contributed by atoms with Crippen molar-refractivity contribution in [1.82, 2.24) is 4.90 Å².